The summed E-state index contributed by atoms with van der Waals surface area (Å²) in [7, 11) is 1.29. The molecule has 4 nitrogen and oxygen atoms in total. The van der Waals surface area contributed by atoms with Crippen molar-refractivity contribution in [2.24, 2.45) is 0 Å². The van der Waals surface area contributed by atoms with Gasteiger partial charge in [-0.1, -0.05) is 40.7 Å². The number of benzene rings is 1. The topological polar surface area (TPSA) is 50.4 Å². The lowest BCUT2D eigenvalue weighted by Crippen LogP contribution is -2.35. The van der Waals surface area contributed by atoms with Crippen molar-refractivity contribution in [2.75, 3.05) is 7.11 Å². The second-order valence-corrected chi connectivity index (χ2v) is 3.55. The zero-order chi connectivity index (χ0) is 11.3. The Balaban J connectivity index is 2.62. The van der Waals surface area contributed by atoms with Gasteiger partial charge in [-0.2, -0.15) is 0 Å². The average Bonchev–Trinajstić information content (AvgIpc) is 2.26. The van der Waals surface area contributed by atoms with Crippen LogP contribution in [0.15, 0.2) is 35.3 Å². The first-order valence-corrected chi connectivity index (χ1v) is 4.98. The van der Waals surface area contributed by atoms with Crippen LogP contribution in [-0.4, -0.2) is 13.2 Å². The Hall–Kier alpha value is -1.49. The number of ether oxygens (including phenoxy) is 1. The smallest absolute Gasteiger partial charge is 0.425 e. The monoisotopic (exact) mass is 270 g/mol. The van der Waals surface area contributed by atoms with Gasteiger partial charge >= 0.3 is 6.09 Å². The van der Waals surface area contributed by atoms with Gasteiger partial charge in [-0.3, -0.25) is 5.43 Å². The number of methoxy groups -OCH3 is 1. The first kappa shape index (κ1) is 11.6. The van der Waals surface area contributed by atoms with Gasteiger partial charge in [0.1, 0.15) is 0 Å². The molecular formula is C10H11BrN2O2. The molecule has 1 aromatic carbocycles. The van der Waals surface area contributed by atoms with E-state index in [0.717, 1.165) is 10.0 Å². The van der Waals surface area contributed by atoms with Gasteiger partial charge in [0.2, 0.25) is 0 Å². The van der Waals surface area contributed by atoms with Crippen LogP contribution in [0.1, 0.15) is 5.56 Å². The maximum atomic E-state index is 10.8. The highest BCUT2D eigenvalue weighted by atomic mass is 79.9. The van der Waals surface area contributed by atoms with Crippen molar-refractivity contribution in [3.8, 4) is 0 Å². The van der Waals surface area contributed by atoms with Crippen molar-refractivity contribution in [2.45, 2.75) is 0 Å². The third-order valence-electron chi connectivity index (χ3n) is 1.70. The van der Waals surface area contributed by atoms with Crippen LogP contribution in [0.4, 0.5) is 4.79 Å². The molecule has 1 aromatic rings. The molecule has 0 unspecified atom stereocenters. The summed E-state index contributed by atoms with van der Waals surface area (Å²) in [5.41, 5.74) is 6.41. The minimum atomic E-state index is -0.566. The maximum Gasteiger partial charge on any atom is 0.425 e. The van der Waals surface area contributed by atoms with Crippen molar-refractivity contribution in [1.29, 1.82) is 0 Å². The molecule has 0 atom stereocenters. The van der Waals surface area contributed by atoms with Crippen molar-refractivity contribution >= 4 is 27.7 Å². The van der Waals surface area contributed by atoms with Crippen LogP contribution in [-0.2, 0) is 4.74 Å². The number of halogens is 1. The molecule has 0 radical (unpaired) electrons. The molecule has 1 rings (SSSR count). The molecule has 15 heavy (non-hydrogen) atoms. The fraction of sp³-hybridized carbons (Fsp3) is 0.100. The normalized spacial score (nSPS) is 9.20. The van der Waals surface area contributed by atoms with E-state index in [1.54, 1.807) is 0 Å². The molecule has 5 heteroatoms. The summed E-state index contributed by atoms with van der Waals surface area (Å²) in [6, 6.07) is 7.54. The number of carbonyl (C=O) groups excluding carboxylic acids is 1. The quantitative estimate of drug-likeness (QED) is 0.829. The third-order valence-corrected chi connectivity index (χ3v) is 2.39. The van der Waals surface area contributed by atoms with Crippen LogP contribution in [0.2, 0.25) is 0 Å². The molecule has 80 valence electrons. The zero-order valence-electron chi connectivity index (χ0n) is 8.21. The molecule has 0 bridgehead atoms. The second kappa shape index (κ2) is 5.41. The van der Waals surface area contributed by atoms with E-state index >= 15 is 0 Å². The van der Waals surface area contributed by atoms with Gasteiger partial charge in [-0.25, -0.2) is 10.2 Å². The molecule has 0 fully saturated rings. The average molecular weight is 271 g/mol. The summed E-state index contributed by atoms with van der Waals surface area (Å²) in [6.45, 7) is 3.78. The number of amides is 1. The fourth-order valence-corrected chi connectivity index (χ4v) is 1.47. The van der Waals surface area contributed by atoms with Crippen LogP contribution in [0.3, 0.4) is 0 Å². The van der Waals surface area contributed by atoms with Crippen LogP contribution < -0.4 is 10.9 Å². The molecule has 0 aliphatic heterocycles. The lowest BCUT2D eigenvalue weighted by molar-refractivity contribution is 0.168. The van der Waals surface area contributed by atoms with Crippen molar-refractivity contribution in [1.82, 2.24) is 10.9 Å². The van der Waals surface area contributed by atoms with Gasteiger partial charge in [0.25, 0.3) is 0 Å². The SMILES string of the molecule is C=C(NNC(=O)OC)c1ccccc1Br. The van der Waals surface area contributed by atoms with Crippen molar-refractivity contribution in [3.63, 3.8) is 0 Å². The Morgan fingerprint density at radius 2 is 2.07 bits per heavy atom. The van der Waals surface area contributed by atoms with E-state index in [-0.39, 0.29) is 0 Å². The molecule has 1 amide bonds. The molecule has 0 saturated carbocycles. The standard InChI is InChI=1S/C10H11BrN2O2/c1-7(12-13-10(14)15-2)8-5-3-4-6-9(8)11/h3-6,12H,1H2,2H3,(H,13,14). The van der Waals surface area contributed by atoms with Gasteiger partial charge in [0.05, 0.1) is 12.8 Å². The van der Waals surface area contributed by atoms with E-state index in [4.69, 9.17) is 0 Å². The molecule has 0 aromatic heterocycles. The highest BCUT2D eigenvalue weighted by Crippen LogP contribution is 2.20. The molecule has 0 spiro atoms. The maximum absolute atomic E-state index is 10.8. The van der Waals surface area contributed by atoms with Crippen LogP contribution in [0.5, 0.6) is 0 Å². The molecular weight excluding hydrogens is 260 g/mol. The molecule has 0 saturated heterocycles. The molecule has 0 aliphatic carbocycles. The van der Waals surface area contributed by atoms with Gasteiger partial charge in [0.15, 0.2) is 0 Å². The summed E-state index contributed by atoms with van der Waals surface area (Å²) in [6.07, 6.45) is -0.566. The Kier molecular flexibility index (Phi) is 4.17. The van der Waals surface area contributed by atoms with Crippen molar-refractivity contribution in [3.05, 3.63) is 40.9 Å². The largest absolute Gasteiger partial charge is 0.452 e. The third kappa shape index (κ3) is 3.28. The molecule has 2 N–H and O–H groups in total. The Morgan fingerprint density at radius 1 is 1.40 bits per heavy atom. The summed E-state index contributed by atoms with van der Waals surface area (Å²) in [5, 5.41) is 0. The van der Waals surface area contributed by atoms with Gasteiger partial charge in [-0.05, 0) is 6.07 Å². The number of rotatable bonds is 3. The predicted molar refractivity (Wildman–Crippen MR) is 61.9 cm³/mol. The summed E-state index contributed by atoms with van der Waals surface area (Å²) >= 11 is 3.38. The highest BCUT2D eigenvalue weighted by Gasteiger charge is 2.03. The van der Waals surface area contributed by atoms with E-state index in [9.17, 15) is 4.79 Å². The fourth-order valence-electron chi connectivity index (χ4n) is 0.951. The van der Waals surface area contributed by atoms with Crippen LogP contribution in [0, 0.1) is 0 Å². The second-order valence-electron chi connectivity index (χ2n) is 2.70. The van der Waals surface area contributed by atoms with Gasteiger partial charge in [-0.15, -0.1) is 0 Å². The number of hydrogen-bond acceptors (Lipinski definition) is 3. The Bertz CT molecular complexity index is 379. The van der Waals surface area contributed by atoms with E-state index in [0.29, 0.717) is 5.70 Å². The van der Waals surface area contributed by atoms with E-state index in [1.165, 1.54) is 7.11 Å². The number of carbonyl (C=O) groups is 1. The number of nitrogens with one attached hydrogen (secondary N) is 2. The van der Waals surface area contributed by atoms with E-state index < -0.39 is 6.09 Å². The predicted octanol–water partition coefficient (Wildman–Crippen LogP) is 2.28. The van der Waals surface area contributed by atoms with Gasteiger partial charge < -0.3 is 4.74 Å². The van der Waals surface area contributed by atoms with Gasteiger partial charge in [0, 0.05) is 10.0 Å². The minimum Gasteiger partial charge on any atom is -0.452 e. The lowest BCUT2D eigenvalue weighted by atomic mass is 10.2. The zero-order valence-corrected chi connectivity index (χ0v) is 9.80. The lowest BCUT2D eigenvalue weighted by Gasteiger charge is -2.11. The molecule has 0 aliphatic rings. The molecule has 0 heterocycles. The number of hydrogen-bond donors (Lipinski definition) is 2. The first-order chi connectivity index (χ1) is 7.15. The van der Waals surface area contributed by atoms with Crippen molar-refractivity contribution < 1.29 is 9.53 Å². The van der Waals surface area contributed by atoms with E-state index in [2.05, 4.69) is 38.1 Å². The van der Waals surface area contributed by atoms with Crippen LogP contribution >= 0.6 is 15.9 Å². The first-order valence-electron chi connectivity index (χ1n) is 4.19. The summed E-state index contributed by atoms with van der Waals surface area (Å²) < 4.78 is 5.30. The highest BCUT2D eigenvalue weighted by molar-refractivity contribution is 9.10. The van der Waals surface area contributed by atoms with E-state index in [1.807, 2.05) is 24.3 Å². The summed E-state index contributed by atoms with van der Waals surface area (Å²) in [4.78, 5) is 10.8. The van der Waals surface area contributed by atoms with Crippen LogP contribution in [0.25, 0.3) is 5.70 Å². The number of hydrazine groups is 1. The Morgan fingerprint density at radius 3 is 2.67 bits per heavy atom. The summed E-state index contributed by atoms with van der Waals surface area (Å²) in [5.74, 6) is 0. The minimum absolute atomic E-state index is 0.566. The Labute approximate surface area is 96.4 Å².